The molecule has 2 N–H and O–H groups in total. The summed E-state index contributed by atoms with van der Waals surface area (Å²) in [5.41, 5.74) is 5.44. The fraction of sp³-hybridized carbons (Fsp3) is 0.0952. The number of aryl methyl sites for hydroxylation is 1. The van der Waals surface area contributed by atoms with Crippen LogP contribution in [0, 0.1) is 0 Å². The number of carbonyl (C=O) groups excluding carboxylic acids is 2. The number of carbonyl (C=O) groups is 2. The summed E-state index contributed by atoms with van der Waals surface area (Å²) in [7, 11) is 0. The van der Waals surface area contributed by atoms with Gasteiger partial charge in [0.15, 0.2) is 5.69 Å². The molecule has 0 aliphatic carbocycles. The Kier molecular flexibility index (Phi) is 5.79. The van der Waals surface area contributed by atoms with E-state index in [2.05, 4.69) is 20.9 Å². The van der Waals surface area contributed by atoms with Crippen molar-refractivity contribution in [3.05, 3.63) is 80.7 Å². The summed E-state index contributed by atoms with van der Waals surface area (Å²) >= 11 is 7.19. The Morgan fingerprint density at radius 1 is 1.03 bits per heavy atom. The van der Waals surface area contributed by atoms with E-state index in [0.29, 0.717) is 27.3 Å². The standard InChI is InChI=1S/C21H16ClN5O3S/c1-2-27-21(30)15-6-4-3-5-14(15)17(26-27)19(29)25-24-18(28)16-11-31-20(23-16)12-7-9-13(22)10-8-12/h3-11H,2H2,1H3,(H,24,28)(H,25,29). The van der Waals surface area contributed by atoms with E-state index in [1.165, 1.54) is 16.0 Å². The van der Waals surface area contributed by atoms with Gasteiger partial charge >= 0.3 is 0 Å². The van der Waals surface area contributed by atoms with Crippen LogP contribution in [0.3, 0.4) is 0 Å². The van der Waals surface area contributed by atoms with Gasteiger partial charge in [0.1, 0.15) is 10.7 Å². The first-order valence-corrected chi connectivity index (χ1v) is 10.6. The molecule has 0 bridgehead atoms. The number of rotatable bonds is 4. The van der Waals surface area contributed by atoms with Crippen LogP contribution in [0.4, 0.5) is 0 Å². The van der Waals surface area contributed by atoms with Crippen molar-refractivity contribution in [1.29, 1.82) is 0 Å². The molecule has 2 aromatic carbocycles. The predicted octanol–water partition coefficient (Wildman–Crippen LogP) is 3.27. The molecule has 0 spiro atoms. The van der Waals surface area contributed by atoms with Gasteiger partial charge in [-0.2, -0.15) is 5.10 Å². The van der Waals surface area contributed by atoms with Gasteiger partial charge in [-0.1, -0.05) is 41.9 Å². The number of hydrogen-bond acceptors (Lipinski definition) is 6. The third-order valence-electron chi connectivity index (χ3n) is 4.50. The Morgan fingerprint density at radius 2 is 1.71 bits per heavy atom. The van der Waals surface area contributed by atoms with E-state index in [1.54, 1.807) is 48.7 Å². The number of hydrogen-bond donors (Lipinski definition) is 2. The summed E-state index contributed by atoms with van der Waals surface area (Å²) in [6, 6.07) is 13.8. The number of hydrazine groups is 1. The highest BCUT2D eigenvalue weighted by Crippen LogP contribution is 2.25. The lowest BCUT2D eigenvalue weighted by molar-refractivity contribution is 0.0841. The molecule has 0 unspecified atom stereocenters. The number of benzene rings is 2. The molecule has 0 atom stereocenters. The number of thiazole rings is 1. The van der Waals surface area contributed by atoms with Crippen LogP contribution in [0.1, 0.15) is 27.9 Å². The van der Waals surface area contributed by atoms with Crippen LogP contribution in [0.5, 0.6) is 0 Å². The zero-order valence-corrected chi connectivity index (χ0v) is 17.8. The van der Waals surface area contributed by atoms with Crippen molar-refractivity contribution in [1.82, 2.24) is 25.6 Å². The molecule has 2 aromatic heterocycles. The molecule has 4 rings (SSSR count). The van der Waals surface area contributed by atoms with Gasteiger partial charge in [0.2, 0.25) is 0 Å². The molecule has 2 heterocycles. The van der Waals surface area contributed by atoms with Crippen LogP contribution in [0.25, 0.3) is 21.3 Å². The lowest BCUT2D eigenvalue weighted by Crippen LogP contribution is -2.43. The maximum Gasteiger partial charge on any atom is 0.290 e. The van der Waals surface area contributed by atoms with Gasteiger partial charge in [-0.05, 0) is 25.1 Å². The summed E-state index contributed by atoms with van der Waals surface area (Å²) in [5.74, 6) is -1.21. The smallest absolute Gasteiger partial charge is 0.267 e. The third kappa shape index (κ3) is 4.18. The second-order valence-corrected chi connectivity index (χ2v) is 7.76. The van der Waals surface area contributed by atoms with Crippen molar-refractivity contribution in [2.75, 3.05) is 0 Å². The highest BCUT2D eigenvalue weighted by atomic mass is 35.5. The van der Waals surface area contributed by atoms with Gasteiger partial charge < -0.3 is 0 Å². The van der Waals surface area contributed by atoms with Crippen LogP contribution in [-0.2, 0) is 6.54 Å². The highest BCUT2D eigenvalue weighted by molar-refractivity contribution is 7.13. The minimum atomic E-state index is -0.639. The van der Waals surface area contributed by atoms with Crippen molar-refractivity contribution in [2.24, 2.45) is 0 Å². The SMILES string of the molecule is CCn1nc(C(=O)NNC(=O)c2csc(-c3ccc(Cl)cc3)n2)c2ccccc2c1=O. The predicted molar refractivity (Wildman–Crippen MR) is 119 cm³/mol. The summed E-state index contributed by atoms with van der Waals surface area (Å²) < 4.78 is 1.21. The minimum Gasteiger partial charge on any atom is -0.267 e. The molecule has 2 amide bonds. The molecule has 0 radical (unpaired) electrons. The Bertz CT molecular complexity index is 1350. The summed E-state index contributed by atoms with van der Waals surface area (Å²) in [6.45, 7) is 2.07. The van der Waals surface area contributed by atoms with Gasteiger partial charge in [-0.15, -0.1) is 11.3 Å². The fourth-order valence-corrected chi connectivity index (χ4v) is 3.89. The first-order valence-electron chi connectivity index (χ1n) is 9.30. The Balaban J connectivity index is 1.52. The van der Waals surface area contributed by atoms with Crippen molar-refractivity contribution < 1.29 is 9.59 Å². The Morgan fingerprint density at radius 3 is 2.42 bits per heavy atom. The van der Waals surface area contributed by atoms with Crippen molar-refractivity contribution in [3.63, 3.8) is 0 Å². The van der Waals surface area contributed by atoms with E-state index in [9.17, 15) is 14.4 Å². The van der Waals surface area contributed by atoms with E-state index < -0.39 is 11.8 Å². The van der Waals surface area contributed by atoms with Crippen molar-refractivity contribution in [3.8, 4) is 10.6 Å². The van der Waals surface area contributed by atoms with E-state index in [-0.39, 0.29) is 16.9 Å². The first-order chi connectivity index (χ1) is 15.0. The number of nitrogens with zero attached hydrogens (tertiary/aromatic N) is 3. The Labute approximate surface area is 185 Å². The second kappa shape index (κ2) is 8.66. The maximum atomic E-state index is 12.7. The lowest BCUT2D eigenvalue weighted by atomic mass is 10.1. The topological polar surface area (TPSA) is 106 Å². The zero-order valence-electron chi connectivity index (χ0n) is 16.3. The zero-order chi connectivity index (χ0) is 22.0. The molecular formula is C21H16ClN5O3S. The molecule has 156 valence electrons. The van der Waals surface area contributed by atoms with E-state index in [4.69, 9.17) is 11.6 Å². The number of nitrogens with one attached hydrogen (secondary N) is 2. The summed E-state index contributed by atoms with van der Waals surface area (Å²) in [5, 5.41) is 7.77. The van der Waals surface area contributed by atoms with Gasteiger partial charge in [-0.25, -0.2) is 9.67 Å². The molecular weight excluding hydrogens is 438 g/mol. The largest absolute Gasteiger partial charge is 0.290 e. The molecule has 0 fully saturated rings. The Hall–Kier alpha value is -3.56. The van der Waals surface area contributed by atoms with Gasteiger partial charge in [0.05, 0.1) is 5.39 Å². The number of amides is 2. The number of aromatic nitrogens is 3. The van der Waals surface area contributed by atoms with Crippen molar-refractivity contribution >= 4 is 45.5 Å². The molecule has 31 heavy (non-hydrogen) atoms. The van der Waals surface area contributed by atoms with E-state index >= 15 is 0 Å². The van der Waals surface area contributed by atoms with Crippen LogP contribution < -0.4 is 16.4 Å². The average Bonchev–Trinajstić information content (AvgIpc) is 3.28. The minimum absolute atomic E-state index is 0.0393. The van der Waals surface area contributed by atoms with Gasteiger partial charge in [-0.3, -0.25) is 25.2 Å². The highest BCUT2D eigenvalue weighted by Gasteiger charge is 2.18. The summed E-state index contributed by atoms with van der Waals surface area (Å²) in [6.07, 6.45) is 0. The fourth-order valence-electron chi connectivity index (χ4n) is 2.96. The summed E-state index contributed by atoms with van der Waals surface area (Å²) in [4.78, 5) is 41.8. The normalized spacial score (nSPS) is 10.8. The monoisotopic (exact) mass is 453 g/mol. The quantitative estimate of drug-likeness (QED) is 0.461. The van der Waals surface area contributed by atoms with Crippen molar-refractivity contribution in [2.45, 2.75) is 13.5 Å². The van der Waals surface area contributed by atoms with Crippen LogP contribution in [0.15, 0.2) is 58.7 Å². The molecule has 0 saturated carbocycles. The lowest BCUT2D eigenvalue weighted by Gasteiger charge is -2.10. The van der Waals surface area contributed by atoms with E-state index in [0.717, 1.165) is 5.56 Å². The van der Waals surface area contributed by atoms with Crippen LogP contribution in [0.2, 0.25) is 5.02 Å². The average molecular weight is 454 g/mol. The molecule has 0 saturated heterocycles. The van der Waals surface area contributed by atoms with Crippen LogP contribution in [-0.4, -0.2) is 26.6 Å². The first kappa shape index (κ1) is 20.7. The van der Waals surface area contributed by atoms with Gasteiger partial charge in [0.25, 0.3) is 17.4 Å². The molecule has 0 aliphatic rings. The van der Waals surface area contributed by atoms with Gasteiger partial charge in [0, 0.05) is 27.9 Å². The van der Waals surface area contributed by atoms with E-state index in [1.807, 2.05) is 12.1 Å². The molecule has 4 aromatic rings. The van der Waals surface area contributed by atoms with Crippen LogP contribution >= 0.6 is 22.9 Å². The molecule has 10 heteroatoms. The third-order valence-corrected chi connectivity index (χ3v) is 5.64. The number of fused-ring (bicyclic) bond motifs is 1. The number of halogens is 1. The maximum absolute atomic E-state index is 12.7. The molecule has 0 aliphatic heterocycles. The molecule has 8 nitrogen and oxygen atoms in total. The second-order valence-electron chi connectivity index (χ2n) is 6.47.